The zero-order chi connectivity index (χ0) is 19.5. The second-order valence-corrected chi connectivity index (χ2v) is 8.25. The minimum absolute atomic E-state index is 0.156. The second kappa shape index (κ2) is 6.21. The maximum atomic E-state index is 13.9. The highest BCUT2D eigenvalue weighted by atomic mass is 19.1. The summed E-state index contributed by atoms with van der Waals surface area (Å²) in [5.41, 5.74) is 6.03. The minimum atomic E-state index is -0.156. The van der Waals surface area contributed by atoms with Crippen LogP contribution in [0.5, 0.6) is 0 Å². The third kappa shape index (κ3) is 2.40. The molecule has 1 aliphatic heterocycles. The first-order valence-corrected chi connectivity index (χ1v) is 10.5. The van der Waals surface area contributed by atoms with Gasteiger partial charge in [0, 0.05) is 40.0 Å². The fourth-order valence-corrected chi connectivity index (χ4v) is 5.50. The molecule has 1 aromatic heterocycles. The van der Waals surface area contributed by atoms with Crippen LogP contribution < -0.4 is 5.32 Å². The lowest BCUT2D eigenvalue weighted by Crippen LogP contribution is -2.29. The summed E-state index contributed by atoms with van der Waals surface area (Å²) in [5.74, 6) is 0.540. The van der Waals surface area contributed by atoms with Crippen molar-refractivity contribution in [2.45, 2.75) is 31.8 Å². The number of rotatable bonds is 2. The Morgan fingerprint density at radius 2 is 1.86 bits per heavy atom. The molecule has 1 aliphatic carbocycles. The number of hydrogen-bond donors (Lipinski definition) is 1. The molecule has 1 N–H and O–H groups in total. The molecule has 0 amide bonds. The summed E-state index contributed by atoms with van der Waals surface area (Å²) >= 11 is 0. The lowest BCUT2D eigenvalue weighted by Gasteiger charge is -2.37. The summed E-state index contributed by atoms with van der Waals surface area (Å²) in [5, 5.41) is 6.36. The van der Waals surface area contributed by atoms with Gasteiger partial charge in [0.1, 0.15) is 5.82 Å². The van der Waals surface area contributed by atoms with Crippen molar-refractivity contribution in [1.82, 2.24) is 4.57 Å². The van der Waals surface area contributed by atoms with E-state index in [1.807, 2.05) is 6.07 Å². The predicted octanol–water partition coefficient (Wildman–Crippen LogP) is 6.78. The molecular weight excluding hydrogens is 359 g/mol. The first kappa shape index (κ1) is 16.8. The Balaban J connectivity index is 1.52. The van der Waals surface area contributed by atoms with E-state index in [1.54, 1.807) is 12.1 Å². The van der Waals surface area contributed by atoms with E-state index < -0.39 is 0 Å². The quantitative estimate of drug-likeness (QED) is 0.378. The van der Waals surface area contributed by atoms with Crippen LogP contribution in [0.2, 0.25) is 0 Å². The number of nitrogens with one attached hydrogen (secondary N) is 1. The number of allylic oxidation sites excluding steroid dienone is 2. The maximum absolute atomic E-state index is 13.9. The molecule has 2 aliphatic rings. The van der Waals surface area contributed by atoms with Crippen molar-refractivity contribution >= 4 is 27.5 Å². The number of para-hydroxylation sites is 1. The summed E-state index contributed by atoms with van der Waals surface area (Å²) in [6, 6.07) is 20.9. The summed E-state index contributed by atoms with van der Waals surface area (Å²) in [6.07, 6.45) is 5.54. The lowest BCUT2D eigenvalue weighted by molar-refractivity contribution is 0.424. The van der Waals surface area contributed by atoms with Gasteiger partial charge < -0.3 is 9.88 Å². The zero-order valence-electron chi connectivity index (χ0n) is 16.4. The van der Waals surface area contributed by atoms with Gasteiger partial charge in [-0.2, -0.15) is 0 Å². The van der Waals surface area contributed by atoms with Gasteiger partial charge in [0.15, 0.2) is 0 Å². The molecule has 29 heavy (non-hydrogen) atoms. The normalized spacial score (nSPS) is 22.6. The highest BCUT2D eigenvalue weighted by molar-refractivity contribution is 6.08. The predicted molar refractivity (Wildman–Crippen MR) is 118 cm³/mol. The van der Waals surface area contributed by atoms with Gasteiger partial charge in [0.2, 0.25) is 0 Å². The van der Waals surface area contributed by atoms with Crippen molar-refractivity contribution in [1.29, 1.82) is 0 Å². The largest absolute Gasteiger partial charge is 0.378 e. The van der Waals surface area contributed by atoms with Gasteiger partial charge in [0.25, 0.3) is 0 Å². The fourth-order valence-electron chi connectivity index (χ4n) is 5.50. The molecule has 2 nitrogen and oxygen atoms in total. The van der Waals surface area contributed by atoms with Crippen LogP contribution in [-0.2, 0) is 6.54 Å². The van der Waals surface area contributed by atoms with Crippen LogP contribution in [-0.4, -0.2) is 4.57 Å². The topological polar surface area (TPSA) is 17.0 Å². The van der Waals surface area contributed by atoms with Crippen LogP contribution in [0.25, 0.3) is 21.8 Å². The smallest absolute Gasteiger partial charge is 0.123 e. The minimum Gasteiger partial charge on any atom is -0.378 e. The SMILES string of the molecule is CCn1c2ccccc2c2cc(C3Nc4ccc(F)cc4C4C=CCC43)ccc21. The first-order chi connectivity index (χ1) is 14.2. The third-order valence-electron chi connectivity index (χ3n) is 6.80. The Morgan fingerprint density at radius 3 is 2.76 bits per heavy atom. The van der Waals surface area contributed by atoms with E-state index in [1.165, 1.54) is 27.4 Å². The van der Waals surface area contributed by atoms with Gasteiger partial charge in [-0.3, -0.25) is 0 Å². The molecule has 0 saturated carbocycles. The summed E-state index contributed by atoms with van der Waals surface area (Å²) in [4.78, 5) is 0. The van der Waals surface area contributed by atoms with Gasteiger partial charge in [0.05, 0.1) is 6.04 Å². The van der Waals surface area contributed by atoms with E-state index in [0.29, 0.717) is 5.92 Å². The second-order valence-electron chi connectivity index (χ2n) is 8.25. The van der Waals surface area contributed by atoms with Crippen LogP contribution in [0.3, 0.4) is 0 Å². The molecular formula is C26H23FN2. The molecule has 0 spiro atoms. The van der Waals surface area contributed by atoms with E-state index in [0.717, 1.165) is 24.2 Å². The number of nitrogens with zero attached hydrogens (tertiary/aromatic N) is 1. The number of hydrogen-bond acceptors (Lipinski definition) is 1. The monoisotopic (exact) mass is 382 g/mol. The van der Waals surface area contributed by atoms with E-state index in [2.05, 4.69) is 71.4 Å². The van der Waals surface area contributed by atoms with E-state index in [9.17, 15) is 4.39 Å². The van der Waals surface area contributed by atoms with Crippen molar-refractivity contribution < 1.29 is 4.39 Å². The Kier molecular flexibility index (Phi) is 3.61. The van der Waals surface area contributed by atoms with Gasteiger partial charge in [-0.25, -0.2) is 4.39 Å². The number of aryl methyl sites for hydroxylation is 1. The summed E-state index contributed by atoms with van der Waals surface area (Å²) in [6.45, 7) is 3.16. The van der Waals surface area contributed by atoms with Crippen LogP contribution in [0, 0.1) is 11.7 Å². The standard InChI is InChI=1S/C26H23FN2/c1-2-29-24-9-4-3-6-19(24)22-14-16(10-13-25(22)29)26-20-8-5-7-18(20)21-15-17(27)11-12-23(21)28-26/h3-7,9-15,18,20,26,28H,2,8H2,1H3. The van der Waals surface area contributed by atoms with Crippen LogP contribution in [0.15, 0.2) is 72.8 Å². The van der Waals surface area contributed by atoms with Crippen LogP contribution in [0.1, 0.15) is 36.4 Å². The van der Waals surface area contributed by atoms with Crippen molar-refractivity contribution in [2.24, 2.45) is 5.92 Å². The molecule has 3 atom stereocenters. The molecule has 0 radical (unpaired) electrons. The number of fused-ring (bicyclic) bond motifs is 6. The van der Waals surface area contributed by atoms with Crippen molar-refractivity contribution in [3.05, 3.63) is 89.8 Å². The van der Waals surface area contributed by atoms with Gasteiger partial charge >= 0.3 is 0 Å². The third-order valence-corrected chi connectivity index (χ3v) is 6.80. The van der Waals surface area contributed by atoms with E-state index in [4.69, 9.17) is 0 Å². The van der Waals surface area contributed by atoms with Gasteiger partial charge in [-0.1, -0.05) is 36.4 Å². The average Bonchev–Trinajstić information content (AvgIpc) is 3.36. The summed E-state index contributed by atoms with van der Waals surface area (Å²) < 4.78 is 16.3. The molecule has 0 fully saturated rings. The van der Waals surface area contributed by atoms with Crippen LogP contribution >= 0.6 is 0 Å². The maximum Gasteiger partial charge on any atom is 0.123 e. The lowest BCUT2D eigenvalue weighted by atomic mass is 9.77. The molecule has 0 saturated heterocycles. The molecule has 6 rings (SSSR count). The molecule has 3 aromatic carbocycles. The Bertz CT molecular complexity index is 1280. The van der Waals surface area contributed by atoms with E-state index >= 15 is 0 Å². The Morgan fingerprint density at radius 1 is 1.00 bits per heavy atom. The number of benzene rings is 3. The first-order valence-electron chi connectivity index (χ1n) is 10.5. The van der Waals surface area contributed by atoms with Gasteiger partial charge in [-0.05, 0) is 66.8 Å². The average molecular weight is 382 g/mol. The highest BCUT2D eigenvalue weighted by Crippen LogP contribution is 2.50. The molecule has 3 heteroatoms. The highest BCUT2D eigenvalue weighted by Gasteiger charge is 2.38. The Labute approximate surface area is 169 Å². The number of halogens is 1. The summed E-state index contributed by atoms with van der Waals surface area (Å²) in [7, 11) is 0. The molecule has 3 unspecified atom stereocenters. The molecule has 4 aromatic rings. The van der Waals surface area contributed by atoms with Crippen LogP contribution in [0.4, 0.5) is 10.1 Å². The Hall–Kier alpha value is -3.07. The number of anilines is 1. The zero-order valence-corrected chi connectivity index (χ0v) is 16.4. The molecule has 2 heterocycles. The fraction of sp³-hybridized carbons (Fsp3) is 0.231. The van der Waals surface area contributed by atoms with Crippen molar-refractivity contribution in [3.8, 4) is 0 Å². The van der Waals surface area contributed by atoms with Crippen molar-refractivity contribution in [2.75, 3.05) is 5.32 Å². The molecule has 144 valence electrons. The number of aromatic nitrogens is 1. The molecule has 0 bridgehead atoms. The van der Waals surface area contributed by atoms with Gasteiger partial charge in [-0.15, -0.1) is 0 Å². The van der Waals surface area contributed by atoms with E-state index in [-0.39, 0.29) is 17.8 Å². The van der Waals surface area contributed by atoms with Crippen molar-refractivity contribution in [3.63, 3.8) is 0 Å².